The van der Waals surface area contributed by atoms with E-state index in [0.29, 0.717) is 37.4 Å². The highest BCUT2D eigenvalue weighted by atomic mass is 16.7. The number of anilines is 1. The van der Waals surface area contributed by atoms with Crippen molar-refractivity contribution in [3.63, 3.8) is 0 Å². The van der Waals surface area contributed by atoms with Gasteiger partial charge in [-0.25, -0.2) is 5.06 Å². The fraction of sp³-hybridized carbons (Fsp3) is 0.652. The van der Waals surface area contributed by atoms with Gasteiger partial charge in [0.2, 0.25) is 5.91 Å². The molecule has 1 aromatic rings. The Hall–Kier alpha value is -2.12. The van der Waals surface area contributed by atoms with Gasteiger partial charge in [-0.1, -0.05) is 38.2 Å². The number of rotatable bonds is 12. The molecule has 0 saturated heterocycles. The highest BCUT2D eigenvalue weighted by Gasteiger charge is 2.26. The number of unbranched alkanes of at least 4 members (excludes halogenated alkanes) is 3. The van der Waals surface area contributed by atoms with E-state index in [1.807, 2.05) is 0 Å². The molecule has 4 N–H and O–H groups in total. The highest BCUT2D eigenvalue weighted by molar-refractivity contribution is 5.94. The van der Waals surface area contributed by atoms with Gasteiger partial charge in [-0.05, 0) is 50.4 Å². The van der Waals surface area contributed by atoms with Crippen LogP contribution in [-0.4, -0.2) is 54.6 Å². The lowest BCUT2D eigenvalue weighted by molar-refractivity contribution is -0.204. The maximum atomic E-state index is 12.8. The number of benzene rings is 1. The lowest BCUT2D eigenvalue weighted by Gasteiger charge is -2.33. The van der Waals surface area contributed by atoms with Crippen molar-refractivity contribution < 1.29 is 14.4 Å². The number of hydroxylamine groups is 2. The minimum Gasteiger partial charge on any atom is -0.399 e. The topological polar surface area (TPSA) is 102 Å². The number of amides is 2. The Bertz CT molecular complexity index is 662. The third-order valence-electron chi connectivity index (χ3n) is 5.63. The zero-order chi connectivity index (χ0) is 21.8. The van der Waals surface area contributed by atoms with E-state index in [4.69, 9.17) is 16.3 Å². The van der Waals surface area contributed by atoms with Crippen LogP contribution in [0.4, 0.5) is 5.69 Å². The molecule has 168 valence electrons. The van der Waals surface area contributed by atoms with E-state index in [1.54, 1.807) is 41.3 Å². The van der Waals surface area contributed by atoms with Crippen LogP contribution in [0.5, 0.6) is 0 Å². The summed E-state index contributed by atoms with van der Waals surface area (Å²) in [5, 5.41) is 1.61. The molecule has 0 heterocycles. The van der Waals surface area contributed by atoms with E-state index < -0.39 is 0 Å². The minimum atomic E-state index is -0.110. The number of nitrogens with two attached hydrogens (primary N) is 2. The molecule has 1 aliphatic carbocycles. The molecule has 1 aromatic carbocycles. The Morgan fingerprint density at radius 3 is 2.53 bits per heavy atom. The van der Waals surface area contributed by atoms with Gasteiger partial charge in [0.1, 0.15) is 0 Å². The maximum Gasteiger partial charge on any atom is 0.253 e. The number of carbonyl (C=O) groups is 2. The third kappa shape index (κ3) is 7.95. The van der Waals surface area contributed by atoms with E-state index in [1.165, 1.54) is 6.42 Å². The van der Waals surface area contributed by atoms with Gasteiger partial charge in [-0.15, -0.1) is 0 Å². The second kappa shape index (κ2) is 13.2. The smallest absolute Gasteiger partial charge is 0.253 e. The Balaban J connectivity index is 1.85. The second-order valence-corrected chi connectivity index (χ2v) is 8.15. The quantitative estimate of drug-likeness (QED) is 0.308. The first-order chi connectivity index (χ1) is 14.5. The molecule has 7 nitrogen and oxygen atoms in total. The first-order valence-electron chi connectivity index (χ1n) is 11.3. The van der Waals surface area contributed by atoms with Crippen molar-refractivity contribution in [3.05, 3.63) is 29.8 Å². The summed E-state index contributed by atoms with van der Waals surface area (Å²) >= 11 is 0. The zero-order valence-corrected chi connectivity index (χ0v) is 18.4. The SMILES string of the molecule is CN(CCON(C(=O)CCCCCCN)C1CCCCC1)C(=O)c1cccc(N)c1. The summed E-state index contributed by atoms with van der Waals surface area (Å²) < 4.78 is 0. The molecule has 0 unspecified atom stereocenters. The molecule has 1 saturated carbocycles. The van der Waals surface area contributed by atoms with Gasteiger partial charge in [0.15, 0.2) is 0 Å². The molecule has 2 rings (SSSR count). The van der Waals surface area contributed by atoms with Gasteiger partial charge in [0.25, 0.3) is 5.91 Å². The van der Waals surface area contributed by atoms with Gasteiger partial charge >= 0.3 is 0 Å². The molecule has 0 atom stereocenters. The second-order valence-electron chi connectivity index (χ2n) is 8.15. The molecule has 30 heavy (non-hydrogen) atoms. The summed E-state index contributed by atoms with van der Waals surface area (Å²) in [7, 11) is 1.74. The van der Waals surface area contributed by atoms with Crippen LogP contribution in [0.15, 0.2) is 24.3 Å². The summed E-state index contributed by atoms with van der Waals surface area (Å²) in [6.45, 7) is 1.40. The molecular weight excluding hydrogens is 380 g/mol. The fourth-order valence-electron chi connectivity index (χ4n) is 3.85. The Morgan fingerprint density at radius 2 is 1.83 bits per heavy atom. The van der Waals surface area contributed by atoms with E-state index in [9.17, 15) is 9.59 Å². The predicted octanol–water partition coefficient (Wildman–Crippen LogP) is 3.34. The van der Waals surface area contributed by atoms with Gasteiger partial charge in [0.05, 0.1) is 12.6 Å². The lowest BCUT2D eigenvalue weighted by Crippen LogP contribution is -2.43. The van der Waals surface area contributed by atoms with Crippen molar-refractivity contribution in [1.29, 1.82) is 0 Å². The highest BCUT2D eigenvalue weighted by Crippen LogP contribution is 2.24. The number of likely N-dealkylation sites (N-methyl/N-ethyl adjacent to an activating group) is 1. The average Bonchev–Trinajstić information content (AvgIpc) is 2.76. The van der Waals surface area contributed by atoms with Gasteiger partial charge < -0.3 is 16.4 Å². The van der Waals surface area contributed by atoms with E-state index in [2.05, 4.69) is 0 Å². The first-order valence-corrected chi connectivity index (χ1v) is 11.3. The van der Waals surface area contributed by atoms with Crippen LogP contribution in [0.25, 0.3) is 0 Å². The average molecular weight is 419 g/mol. The first kappa shape index (κ1) is 24.2. The number of nitrogen functional groups attached to an aromatic ring is 1. The van der Waals surface area contributed by atoms with E-state index in [0.717, 1.165) is 51.4 Å². The van der Waals surface area contributed by atoms with Crippen LogP contribution < -0.4 is 11.5 Å². The molecule has 0 aromatic heterocycles. The van der Waals surface area contributed by atoms with Crippen molar-refractivity contribution in [3.8, 4) is 0 Å². The molecule has 1 aliphatic rings. The molecule has 0 spiro atoms. The number of hydrogen-bond donors (Lipinski definition) is 2. The summed E-state index contributed by atoms with van der Waals surface area (Å²) in [5.41, 5.74) is 12.4. The zero-order valence-electron chi connectivity index (χ0n) is 18.4. The van der Waals surface area contributed by atoms with Crippen LogP contribution >= 0.6 is 0 Å². The maximum absolute atomic E-state index is 12.8. The van der Waals surface area contributed by atoms with Crippen molar-refractivity contribution >= 4 is 17.5 Å². The lowest BCUT2D eigenvalue weighted by atomic mass is 9.95. The number of nitrogens with zero attached hydrogens (tertiary/aromatic N) is 2. The predicted molar refractivity (Wildman–Crippen MR) is 120 cm³/mol. The van der Waals surface area contributed by atoms with Gasteiger partial charge in [-0.2, -0.15) is 0 Å². The Morgan fingerprint density at radius 1 is 1.10 bits per heavy atom. The normalized spacial score (nSPS) is 14.5. The standard InChI is InChI=1S/C23H38N4O3/c1-26(23(29)19-10-9-11-20(25)18-19)16-17-30-27(21-12-5-4-6-13-21)22(28)14-7-2-3-8-15-24/h9-11,18,21H,2-8,12-17,24-25H2,1H3. The summed E-state index contributed by atoms with van der Waals surface area (Å²) in [6, 6.07) is 7.08. The van der Waals surface area contributed by atoms with Crippen LogP contribution in [0.1, 0.15) is 74.6 Å². The minimum absolute atomic E-state index is 0.0551. The van der Waals surface area contributed by atoms with Crippen molar-refractivity contribution in [2.24, 2.45) is 5.73 Å². The Labute approximate surface area is 180 Å². The molecule has 7 heteroatoms. The van der Waals surface area contributed by atoms with Crippen molar-refractivity contribution in [2.45, 2.75) is 70.3 Å². The van der Waals surface area contributed by atoms with Crippen LogP contribution in [0, 0.1) is 0 Å². The molecule has 2 amide bonds. The Kier molecular flexibility index (Phi) is 10.7. The molecule has 0 bridgehead atoms. The van der Waals surface area contributed by atoms with Gasteiger partial charge in [0, 0.05) is 31.3 Å². The van der Waals surface area contributed by atoms with Gasteiger partial charge in [-0.3, -0.25) is 14.4 Å². The summed E-state index contributed by atoms with van der Waals surface area (Å²) in [6.07, 6.45) is 9.87. The van der Waals surface area contributed by atoms with E-state index in [-0.39, 0.29) is 17.9 Å². The number of hydrogen-bond acceptors (Lipinski definition) is 5. The van der Waals surface area contributed by atoms with Crippen LogP contribution in [0.2, 0.25) is 0 Å². The van der Waals surface area contributed by atoms with Crippen LogP contribution in [0.3, 0.4) is 0 Å². The summed E-state index contributed by atoms with van der Waals surface area (Å²) in [4.78, 5) is 32.9. The molecule has 1 fully saturated rings. The third-order valence-corrected chi connectivity index (χ3v) is 5.63. The van der Waals surface area contributed by atoms with Crippen LogP contribution in [-0.2, 0) is 9.63 Å². The van der Waals surface area contributed by atoms with E-state index >= 15 is 0 Å². The van der Waals surface area contributed by atoms with Crippen molar-refractivity contribution in [2.75, 3.05) is 32.5 Å². The van der Waals surface area contributed by atoms with Crippen molar-refractivity contribution in [1.82, 2.24) is 9.96 Å². The monoisotopic (exact) mass is 418 g/mol. The fourth-order valence-corrected chi connectivity index (χ4v) is 3.85. The number of carbonyl (C=O) groups excluding carboxylic acids is 2. The molecular formula is C23H38N4O3. The molecule has 0 radical (unpaired) electrons. The largest absolute Gasteiger partial charge is 0.399 e. The molecule has 0 aliphatic heterocycles. The summed E-state index contributed by atoms with van der Waals surface area (Å²) in [5.74, 6) is -0.0548.